The molecule has 4 rings (SSSR count). The van der Waals surface area contributed by atoms with E-state index >= 15 is 0 Å². The number of hydrogen-bond donors (Lipinski definition) is 1. The topological polar surface area (TPSA) is 62.4 Å². The first-order valence-corrected chi connectivity index (χ1v) is 9.84. The van der Waals surface area contributed by atoms with Crippen molar-refractivity contribution in [1.29, 1.82) is 0 Å². The third-order valence-electron chi connectivity index (χ3n) is 5.88. The van der Waals surface area contributed by atoms with Crippen molar-refractivity contribution in [3.63, 3.8) is 0 Å². The van der Waals surface area contributed by atoms with Crippen molar-refractivity contribution in [3.05, 3.63) is 35.4 Å². The van der Waals surface area contributed by atoms with E-state index < -0.39 is 6.10 Å². The zero-order chi connectivity index (χ0) is 18.1. The highest BCUT2D eigenvalue weighted by Crippen LogP contribution is 2.26. The van der Waals surface area contributed by atoms with E-state index in [-0.39, 0.29) is 0 Å². The number of aromatic nitrogens is 4. The first-order chi connectivity index (χ1) is 12.7. The fraction of sp³-hybridized carbons (Fsp3) is 0.684. The van der Waals surface area contributed by atoms with Crippen LogP contribution in [0.4, 0.5) is 0 Å². The number of hydrogen-bond acceptors (Lipinski definition) is 5. The molecule has 142 valence electrons. The number of nitrogens with zero attached hydrogens (tertiary/aromatic N) is 6. The van der Waals surface area contributed by atoms with Crippen molar-refractivity contribution in [3.8, 4) is 0 Å². The van der Waals surface area contributed by atoms with Crippen molar-refractivity contribution < 1.29 is 5.11 Å². The number of aryl methyl sites for hydroxylation is 1. The van der Waals surface area contributed by atoms with Gasteiger partial charge >= 0.3 is 0 Å². The fourth-order valence-corrected chi connectivity index (χ4v) is 4.38. The summed E-state index contributed by atoms with van der Waals surface area (Å²) in [5.74, 6) is 0. The van der Waals surface area contributed by atoms with Crippen LogP contribution in [0, 0.1) is 0 Å². The first kappa shape index (κ1) is 17.7. The van der Waals surface area contributed by atoms with Crippen molar-refractivity contribution in [2.45, 2.75) is 51.4 Å². The number of aliphatic hydroxyl groups excluding tert-OH is 1. The van der Waals surface area contributed by atoms with E-state index in [4.69, 9.17) is 0 Å². The molecule has 1 fully saturated rings. The molecule has 1 saturated heterocycles. The Balaban J connectivity index is 1.42. The van der Waals surface area contributed by atoms with Crippen LogP contribution in [0.1, 0.15) is 49.4 Å². The Morgan fingerprint density at radius 3 is 2.73 bits per heavy atom. The minimum atomic E-state index is -0.716. The second-order valence-corrected chi connectivity index (χ2v) is 7.61. The van der Waals surface area contributed by atoms with Gasteiger partial charge in [0.15, 0.2) is 0 Å². The maximum absolute atomic E-state index is 10.6. The second-order valence-electron chi connectivity index (χ2n) is 7.61. The lowest BCUT2D eigenvalue weighted by molar-refractivity contribution is 0.0848. The standard InChI is InChI=1S/C19H30N6O/c1-3-8-23-9-5-15(6-10-23)24-11-12-25-16(14-24)13-17(21-25)19(26)18-4-7-20-22(18)2/h4,7,13,15,19,26H,3,5-6,8-12,14H2,1-2H3/t19-/m1/s1. The summed E-state index contributed by atoms with van der Waals surface area (Å²) in [6.45, 7) is 8.82. The van der Waals surface area contributed by atoms with E-state index in [0.717, 1.165) is 31.0 Å². The van der Waals surface area contributed by atoms with Gasteiger partial charge in [0.1, 0.15) is 6.10 Å². The van der Waals surface area contributed by atoms with Crippen LogP contribution in [0.5, 0.6) is 0 Å². The highest BCUT2D eigenvalue weighted by Gasteiger charge is 2.29. The molecule has 0 aromatic carbocycles. The van der Waals surface area contributed by atoms with Gasteiger partial charge in [-0.3, -0.25) is 14.3 Å². The predicted molar refractivity (Wildman–Crippen MR) is 99.7 cm³/mol. The predicted octanol–water partition coefficient (Wildman–Crippen LogP) is 1.39. The van der Waals surface area contributed by atoms with Crippen LogP contribution < -0.4 is 0 Å². The maximum atomic E-state index is 10.6. The van der Waals surface area contributed by atoms with Gasteiger partial charge in [0, 0.05) is 32.4 Å². The Hall–Kier alpha value is -1.70. The third kappa shape index (κ3) is 3.43. The zero-order valence-electron chi connectivity index (χ0n) is 15.9. The SMILES string of the molecule is CCCN1CCC(N2CCn3nc([C@@H](O)c4ccnn4C)cc3C2)CC1. The van der Waals surface area contributed by atoms with Crippen molar-refractivity contribution in [2.75, 3.05) is 26.2 Å². The fourth-order valence-electron chi connectivity index (χ4n) is 4.38. The molecule has 0 aliphatic carbocycles. The van der Waals surface area contributed by atoms with Crippen LogP contribution in [0.15, 0.2) is 18.3 Å². The molecule has 2 aromatic heterocycles. The summed E-state index contributed by atoms with van der Waals surface area (Å²) in [6.07, 6.45) is 4.76. The van der Waals surface area contributed by atoms with Crippen molar-refractivity contribution in [2.24, 2.45) is 7.05 Å². The van der Waals surface area contributed by atoms with Crippen molar-refractivity contribution in [1.82, 2.24) is 29.4 Å². The zero-order valence-corrected chi connectivity index (χ0v) is 15.9. The molecule has 2 aliphatic rings. The molecule has 26 heavy (non-hydrogen) atoms. The van der Waals surface area contributed by atoms with E-state index in [1.54, 1.807) is 10.9 Å². The van der Waals surface area contributed by atoms with Crippen molar-refractivity contribution >= 4 is 0 Å². The molecule has 1 N–H and O–H groups in total. The van der Waals surface area contributed by atoms with Crippen LogP contribution in [-0.2, 0) is 20.1 Å². The lowest BCUT2D eigenvalue weighted by Crippen LogP contribution is -2.47. The molecule has 2 aromatic rings. The molecule has 7 heteroatoms. The largest absolute Gasteiger partial charge is 0.380 e. The molecule has 0 unspecified atom stereocenters. The summed E-state index contributed by atoms with van der Waals surface area (Å²) in [6, 6.07) is 4.59. The van der Waals surface area contributed by atoms with Gasteiger partial charge in [-0.05, 0) is 51.0 Å². The minimum absolute atomic E-state index is 0.678. The lowest BCUT2D eigenvalue weighted by Gasteiger charge is -2.40. The highest BCUT2D eigenvalue weighted by atomic mass is 16.3. The number of fused-ring (bicyclic) bond motifs is 1. The highest BCUT2D eigenvalue weighted by molar-refractivity contribution is 5.22. The normalized spacial score (nSPS) is 21.0. The van der Waals surface area contributed by atoms with E-state index in [1.807, 2.05) is 13.1 Å². The Kier molecular flexibility index (Phi) is 5.11. The molecular weight excluding hydrogens is 328 g/mol. The van der Waals surface area contributed by atoms with Gasteiger partial charge in [0.25, 0.3) is 0 Å². The smallest absolute Gasteiger partial charge is 0.139 e. The molecule has 0 bridgehead atoms. The molecule has 2 aliphatic heterocycles. The number of rotatable bonds is 5. The summed E-state index contributed by atoms with van der Waals surface area (Å²) < 4.78 is 3.77. The monoisotopic (exact) mass is 358 g/mol. The summed E-state index contributed by atoms with van der Waals surface area (Å²) in [7, 11) is 1.85. The number of likely N-dealkylation sites (tertiary alicyclic amines) is 1. The number of piperidine rings is 1. The Morgan fingerprint density at radius 1 is 1.23 bits per heavy atom. The van der Waals surface area contributed by atoms with Gasteiger partial charge in [-0.2, -0.15) is 10.2 Å². The minimum Gasteiger partial charge on any atom is -0.380 e. The molecule has 1 atom stereocenters. The molecule has 0 saturated carbocycles. The molecule has 0 spiro atoms. The number of aliphatic hydroxyl groups is 1. The summed E-state index contributed by atoms with van der Waals surface area (Å²) in [5, 5.41) is 19.5. The third-order valence-corrected chi connectivity index (χ3v) is 5.88. The maximum Gasteiger partial charge on any atom is 0.139 e. The van der Waals surface area contributed by atoms with Crippen LogP contribution in [0.25, 0.3) is 0 Å². The average molecular weight is 358 g/mol. The second kappa shape index (κ2) is 7.50. The van der Waals surface area contributed by atoms with Crippen LogP contribution >= 0.6 is 0 Å². The van der Waals surface area contributed by atoms with Gasteiger partial charge in [0.2, 0.25) is 0 Å². The quantitative estimate of drug-likeness (QED) is 0.875. The Bertz CT molecular complexity index is 730. The summed E-state index contributed by atoms with van der Waals surface area (Å²) >= 11 is 0. The van der Waals surface area contributed by atoms with Gasteiger partial charge in [-0.15, -0.1) is 0 Å². The Morgan fingerprint density at radius 2 is 2.04 bits per heavy atom. The van der Waals surface area contributed by atoms with E-state index in [9.17, 15) is 5.11 Å². The first-order valence-electron chi connectivity index (χ1n) is 9.84. The van der Waals surface area contributed by atoms with Gasteiger partial charge in [0.05, 0.1) is 23.6 Å². The van der Waals surface area contributed by atoms with Gasteiger partial charge < -0.3 is 10.0 Å². The summed E-state index contributed by atoms with van der Waals surface area (Å²) in [4.78, 5) is 5.20. The lowest BCUT2D eigenvalue weighted by atomic mass is 10.0. The molecule has 0 radical (unpaired) electrons. The van der Waals surface area contributed by atoms with Crippen LogP contribution in [0.2, 0.25) is 0 Å². The van der Waals surface area contributed by atoms with E-state index in [0.29, 0.717) is 6.04 Å². The average Bonchev–Trinajstić information content (AvgIpc) is 3.27. The van der Waals surface area contributed by atoms with E-state index in [2.05, 4.69) is 37.7 Å². The molecule has 4 heterocycles. The molecule has 7 nitrogen and oxygen atoms in total. The Labute approximate surface area is 155 Å². The molecule has 0 amide bonds. The van der Waals surface area contributed by atoms with Crippen LogP contribution in [-0.4, -0.2) is 66.7 Å². The molecular formula is C19H30N6O. The van der Waals surface area contributed by atoms with Gasteiger partial charge in [-0.1, -0.05) is 6.92 Å². The van der Waals surface area contributed by atoms with E-state index in [1.165, 1.54) is 44.6 Å². The summed E-state index contributed by atoms with van der Waals surface area (Å²) in [5.41, 5.74) is 2.72. The van der Waals surface area contributed by atoms with Crippen LogP contribution in [0.3, 0.4) is 0 Å². The van der Waals surface area contributed by atoms with Gasteiger partial charge in [-0.25, -0.2) is 0 Å².